The Balaban J connectivity index is 1.89. The van der Waals surface area contributed by atoms with Crippen molar-refractivity contribution in [3.8, 4) is 11.5 Å². The van der Waals surface area contributed by atoms with Gasteiger partial charge in [-0.2, -0.15) is 0 Å². The monoisotopic (exact) mass is 306 g/mol. The first-order valence-corrected chi connectivity index (χ1v) is 7.51. The van der Waals surface area contributed by atoms with Crippen molar-refractivity contribution in [1.29, 1.82) is 0 Å². The molecule has 1 saturated heterocycles. The molecule has 4 nitrogen and oxygen atoms in total. The maximum Gasteiger partial charge on any atom is 0.165 e. The summed E-state index contributed by atoms with van der Waals surface area (Å²) in [4.78, 5) is 1.92. The summed E-state index contributed by atoms with van der Waals surface area (Å²) in [7, 11) is -1.02. The summed E-state index contributed by atoms with van der Waals surface area (Å²) >= 11 is 0. The highest BCUT2D eigenvalue weighted by Crippen LogP contribution is 2.62. The number of likely N-dealkylation sites (N-methyl/N-ethyl adjacent to an activating group) is 1. The molecule has 0 radical (unpaired) electrons. The minimum absolute atomic E-state index is 0.0123. The number of piperidine rings is 1. The van der Waals surface area contributed by atoms with Crippen molar-refractivity contribution in [1.82, 2.24) is 4.90 Å². The standard InChI is InChI=1S/C18H21NO3/c1-19-8-7-18-11-4-5-13(20)17(18)22-16-14(21-2)6-3-10(15(16)18)9-12(11)19/h3-6,11-13,17,20H,7-9H2,1-2H3/t11-,12+,13?,17?,18-/m0/s1/i2D3,3D,6D,9D2. The van der Waals surface area contributed by atoms with E-state index in [2.05, 4.69) is 0 Å². The molecule has 116 valence electrons. The molecule has 2 unspecified atom stereocenters. The number of rotatable bonds is 1. The van der Waals surface area contributed by atoms with Gasteiger partial charge in [-0.3, -0.25) is 0 Å². The normalized spacial score (nSPS) is 48.5. The summed E-state index contributed by atoms with van der Waals surface area (Å²) in [5.74, 6) is -0.714. The Labute approximate surface area is 140 Å². The highest BCUT2D eigenvalue weighted by Gasteiger charge is 2.64. The summed E-state index contributed by atoms with van der Waals surface area (Å²) in [5, 5.41) is 10.7. The Hall–Kier alpha value is -1.52. The zero-order valence-corrected chi connectivity index (χ0v) is 12.1. The quantitative estimate of drug-likeness (QED) is 0.799. The number of aliphatic hydroxyl groups excluding tert-OH is 1. The lowest BCUT2D eigenvalue weighted by atomic mass is 9.53. The first-order chi connectivity index (χ1) is 13.4. The number of hydrogen-bond donors (Lipinski definition) is 1. The summed E-state index contributed by atoms with van der Waals surface area (Å²) in [6.45, 7) is 0.561. The molecule has 4 aliphatic rings. The van der Waals surface area contributed by atoms with Gasteiger partial charge in [0.05, 0.1) is 13.9 Å². The fourth-order valence-corrected chi connectivity index (χ4v) is 4.76. The molecule has 22 heavy (non-hydrogen) atoms. The molecule has 4 heteroatoms. The second-order valence-electron chi connectivity index (χ2n) is 6.56. The Morgan fingerprint density at radius 2 is 2.45 bits per heavy atom. The average Bonchev–Trinajstić information content (AvgIpc) is 2.94. The predicted molar refractivity (Wildman–Crippen MR) is 82.5 cm³/mol. The summed E-state index contributed by atoms with van der Waals surface area (Å²) < 4.78 is 68.2. The van der Waals surface area contributed by atoms with Gasteiger partial charge in [0.2, 0.25) is 0 Å². The third-order valence-corrected chi connectivity index (χ3v) is 5.71. The minimum Gasteiger partial charge on any atom is -0.493 e. The molecule has 1 spiro atoms. The van der Waals surface area contributed by atoms with Gasteiger partial charge >= 0.3 is 0 Å². The van der Waals surface area contributed by atoms with Crippen LogP contribution in [-0.4, -0.2) is 48.9 Å². The van der Waals surface area contributed by atoms with Crippen LogP contribution in [0.15, 0.2) is 24.2 Å². The van der Waals surface area contributed by atoms with E-state index in [1.165, 1.54) is 0 Å². The molecule has 5 rings (SSSR count). The highest BCUT2D eigenvalue weighted by atomic mass is 16.5. The van der Waals surface area contributed by atoms with Crippen LogP contribution in [0.5, 0.6) is 11.5 Å². The van der Waals surface area contributed by atoms with Crippen LogP contribution in [0.2, 0.25) is 0 Å². The Morgan fingerprint density at radius 1 is 1.55 bits per heavy atom. The summed E-state index contributed by atoms with van der Waals surface area (Å²) in [5.41, 5.74) is -0.350. The molecule has 1 N–H and O–H groups in total. The van der Waals surface area contributed by atoms with Crippen molar-refractivity contribution in [2.45, 2.75) is 36.5 Å². The van der Waals surface area contributed by atoms with Crippen LogP contribution in [0.1, 0.15) is 27.1 Å². The molecule has 2 aliphatic carbocycles. The summed E-state index contributed by atoms with van der Waals surface area (Å²) in [6.07, 6.45) is 0.284. The fourth-order valence-electron chi connectivity index (χ4n) is 4.76. The van der Waals surface area contributed by atoms with Crippen LogP contribution in [-0.2, 0) is 11.8 Å². The van der Waals surface area contributed by atoms with Crippen molar-refractivity contribution < 1.29 is 24.2 Å². The smallest absolute Gasteiger partial charge is 0.165 e. The van der Waals surface area contributed by atoms with E-state index in [9.17, 15) is 5.11 Å². The lowest BCUT2D eigenvalue weighted by Gasteiger charge is -2.56. The lowest BCUT2D eigenvalue weighted by Crippen LogP contribution is -2.64. The molecule has 2 heterocycles. The van der Waals surface area contributed by atoms with Crippen molar-refractivity contribution in [2.75, 3.05) is 20.6 Å². The molecule has 2 aliphatic heterocycles. The molecular weight excluding hydrogens is 278 g/mol. The molecule has 2 bridgehead atoms. The van der Waals surface area contributed by atoms with Crippen LogP contribution >= 0.6 is 0 Å². The SMILES string of the molecule is [2H]c1c([2H])c2c3c(c1OC([2H])([2H])[2H])OC1C(O)C=C[C@H]4[C@H](N(C)CC[C@]314)C2([2H])[2H]. The first kappa shape index (κ1) is 7.84. The second-order valence-corrected chi connectivity index (χ2v) is 6.56. The topological polar surface area (TPSA) is 41.9 Å². The van der Waals surface area contributed by atoms with E-state index < -0.39 is 43.1 Å². The van der Waals surface area contributed by atoms with Crippen LogP contribution < -0.4 is 9.47 Å². The van der Waals surface area contributed by atoms with E-state index in [0.29, 0.717) is 18.5 Å². The molecule has 0 amide bonds. The van der Waals surface area contributed by atoms with E-state index in [0.717, 1.165) is 0 Å². The van der Waals surface area contributed by atoms with Crippen LogP contribution in [0.3, 0.4) is 0 Å². The van der Waals surface area contributed by atoms with Gasteiger partial charge in [-0.15, -0.1) is 0 Å². The third-order valence-electron chi connectivity index (χ3n) is 5.71. The number of likely N-dealkylation sites (tertiary alicyclic amines) is 1. The maximum atomic E-state index is 10.7. The maximum absolute atomic E-state index is 10.7. The van der Waals surface area contributed by atoms with E-state index in [1.54, 1.807) is 6.08 Å². The van der Waals surface area contributed by atoms with Gasteiger partial charge in [-0.25, -0.2) is 0 Å². The third kappa shape index (κ3) is 1.28. The van der Waals surface area contributed by atoms with Gasteiger partial charge in [0.25, 0.3) is 0 Å². The van der Waals surface area contributed by atoms with E-state index in [1.807, 2.05) is 18.0 Å². The van der Waals surface area contributed by atoms with Gasteiger partial charge < -0.3 is 19.5 Å². The molecule has 1 fully saturated rings. The molecular formula is C18H21NO3. The van der Waals surface area contributed by atoms with E-state index in [4.69, 9.17) is 19.1 Å². The van der Waals surface area contributed by atoms with Crippen LogP contribution in [0.25, 0.3) is 0 Å². The van der Waals surface area contributed by atoms with Crippen molar-refractivity contribution >= 4 is 0 Å². The number of benzene rings is 1. The number of hydrogen-bond acceptors (Lipinski definition) is 4. The molecule has 0 saturated carbocycles. The second kappa shape index (κ2) is 4.06. The van der Waals surface area contributed by atoms with Crippen LogP contribution in [0, 0.1) is 5.92 Å². The van der Waals surface area contributed by atoms with E-state index in [-0.39, 0.29) is 29.0 Å². The molecule has 1 aromatic rings. The number of aliphatic hydroxyl groups is 1. The Morgan fingerprint density at radius 3 is 3.32 bits per heavy atom. The zero-order chi connectivity index (χ0) is 21.1. The van der Waals surface area contributed by atoms with Gasteiger partial charge in [-0.1, -0.05) is 18.2 Å². The largest absolute Gasteiger partial charge is 0.493 e. The number of nitrogens with zero attached hydrogens (tertiary/aromatic N) is 1. The average molecular weight is 306 g/mol. The van der Waals surface area contributed by atoms with Gasteiger partial charge in [-0.05, 0) is 38.0 Å². The van der Waals surface area contributed by atoms with Crippen molar-refractivity contribution in [3.63, 3.8) is 0 Å². The minimum atomic E-state index is -2.86. The van der Waals surface area contributed by atoms with Gasteiger partial charge in [0.15, 0.2) is 11.5 Å². The number of methoxy groups -OCH3 is 1. The highest BCUT2D eigenvalue weighted by molar-refractivity contribution is 5.62. The summed E-state index contributed by atoms with van der Waals surface area (Å²) in [6, 6.07) is -1.50. The van der Waals surface area contributed by atoms with Crippen molar-refractivity contribution in [2.24, 2.45) is 5.92 Å². The first-order valence-electron chi connectivity index (χ1n) is 11.0. The van der Waals surface area contributed by atoms with Gasteiger partial charge in [0, 0.05) is 25.7 Å². The molecule has 1 aromatic carbocycles. The Bertz CT molecular complexity index is 947. The predicted octanol–water partition coefficient (Wildman–Crippen LogP) is 1.50. The lowest BCUT2D eigenvalue weighted by molar-refractivity contribution is -0.0453. The van der Waals surface area contributed by atoms with Crippen LogP contribution in [0.4, 0.5) is 0 Å². The molecule has 5 atom stereocenters. The fraction of sp³-hybridized carbons (Fsp3) is 0.556. The van der Waals surface area contributed by atoms with E-state index >= 15 is 0 Å². The zero-order valence-electron chi connectivity index (χ0n) is 19.1. The molecule has 0 aromatic heterocycles. The Kier molecular flexibility index (Phi) is 1.45. The van der Waals surface area contributed by atoms with Gasteiger partial charge in [0.1, 0.15) is 12.2 Å². The number of ether oxygens (including phenoxy) is 2. The van der Waals surface area contributed by atoms with Crippen molar-refractivity contribution in [3.05, 3.63) is 35.4 Å².